The average molecular weight is 425 g/mol. The third-order valence-electron chi connectivity index (χ3n) is 5.84. The molecule has 2 unspecified atom stereocenters. The molecule has 0 spiro atoms. The SMILES string of the molecule is Cc1cc2c(c(-c3ccc(C(N)=O)cn3)c1)OC(CNC(=O)C(C)N1CCOCC1)C2. The van der Waals surface area contributed by atoms with E-state index in [0.717, 1.165) is 47.6 Å². The minimum Gasteiger partial charge on any atom is -0.487 e. The van der Waals surface area contributed by atoms with Crippen molar-refractivity contribution in [1.82, 2.24) is 15.2 Å². The number of amides is 2. The summed E-state index contributed by atoms with van der Waals surface area (Å²) in [5, 5.41) is 3.04. The number of carbonyl (C=O) groups excluding carboxylic acids is 2. The van der Waals surface area contributed by atoms with Crippen LogP contribution in [0, 0.1) is 6.92 Å². The van der Waals surface area contributed by atoms with Crippen LogP contribution in [-0.4, -0.2) is 66.7 Å². The quantitative estimate of drug-likeness (QED) is 0.724. The number of morpholine rings is 1. The minimum absolute atomic E-state index is 0.00145. The number of nitrogens with two attached hydrogens (primary N) is 1. The van der Waals surface area contributed by atoms with E-state index in [-0.39, 0.29) is 18.1 Å². The van der Waals surface area contributed by atoms with Gasteiger partial charge in [-0.1, -0.05) is 6.07 Å². The van der Waals surface area contributed by atoms with Crippen LogP contribution in [0.25, 0.3) is 11.3 Å². The van der Waals surface area contributed by atoms with Gasteiger partial charge in [0.1, 0.15) is 11.9 Å². The molecule has 0 aliphatic carbocycles. The summed E-state index contributed by atoms with van der Waals surface area (Å²) in [6.07, 6.45) is 2.06. The fourth-order valence-electron chi connectivity index (χ4n) is 4.09. The van der Waals surface area contributed by atoms with Crippen molar-refractivity contribution in [3.63, 3.8) is 0 Å². The van der Waals surface area contributed by atoms with Crippen molar-refractivity contribution in [3.05, 3.63) is 47.2 Å². The Hall–Kier alpha value is -2.97. The van der Waals surface area contributed by atoms with Gasteiger partial charge in [-0.25, -0.2) is 0 Å². The number of carbonyl (C=O) groups is 2. The van der Waals surface area contributed by atoms with Crippen LogP contribution in [0.4, 0.5) is 0 Å². The number of rotatable bonds is 6. The third-order valence-corrected chi connectivity index (χ3v) is 5.84. The molecule has 1 saturated heterocycles. The summed E-state index contributed by atoms with van der Waals surface area (Å²) in [6, 6.07) is 7.37. The second kappa shape index (κ2) is 9.03. The summed E-state index contributed by atoms with van der Waals surface area (Å²) in [4.78, 5) is 30.5. The number of hydrogen-bond donors (Lipinski definition) is 2. The number of pyridine rings is 1. The molecule has 2 aromatic rings. The lowest BCUT2D eigenvalue weighted by Gasteiger charge is -2.31. The molecule has 4 rings (SSSR count). The zero-order chi connectivity index (χ0) is 22.0. The van der Waals surface area contributed by atoms with E-state index in [1.165, 1.54) is 6.20 Å². The molecule has 2 aliphatic rings. The Labute approximate surface area is 181 Å². The van der Waals surface area contributed by atoms with Crippen LogP contribution in [0.15, 0.2) is 30.5 Å². The molecule has 3 N–H and O–H groups in total. The Morgan fingerprint density at radius 1 is 1.29 bits per heavy atom. The van der Waals surface area contributed by atoms with Crippen LogP contribution in [-0.2, 0) is 16.0 Å². The van der Waals surface area contributed by atoms with Crippen LogP contribution >= 0.6 is 0 Å². The predicted molar refractivity (Wildman–Crippen MR) is 116 cm³/mol. The molecular weight excluding hydrogens is 396 g/mol. The molecule has 1 fully saturated rings. The van der Waals surface area contributed by atoms with Crippen molar-refractivity contribution in [2.24, 2.45) is 5.73 Å². The van der Waals surface area contributed by atoms with E-state index in [9.17, 15) is 9.59 Å². The molecule has 2 atom stereocenters. The maximum Gasteiger partial charge on any atom is 0.250 e. The van der Waals surface area contributed by atoms with Crippen LogP contribution < -0.4 is 15.8 Å². The smallest absolute Gasteiger partial charge is 0.250 e. The lowest BCUT2D eigenvalue weighted by molar-refractivity contribution is -0.127. The molecule has 3 heterocycles. The summed E-state index contributed by atoms with van der Waals surface area (Å²) >= 11 is 0. The van der Waals surface area contributed by atoms with Gasteiger partial charge < -0.3 is 20.5 Å². The van der Waals surface area contributed by atoms with Gasteiger partial charge in [0.2, 0.25) is 11.8 Å². The Balaban J connectivity index is 1.43. The number of aromatic nitrogens is 1. The first-order valence-corrected chi connectivity index (χ1v) is 10.6. The summed E-state index contributed by atoms with van der Waals surface area (Å²) in [5.74, 6) is 0.277. The van der Waals surface area contributed by atoms with Crippen molar-refractivity contribution < 1.29 is 19.1 Å². The maximum absolute atomic E-state index is 12.6. The van der Waals surface area contributed by atoms with Crippen LogP contribution in [0.5, 0.6) is 5.75 Å². The third kappa shape index (κ3) is 4.70. The first-order chi connectivity index (χ1) is 14.9. The van der Waals surface area contributed by atoms with E-state index >= 15 is 0 Å². The second-order valence-corrected chi connectivity index (χ2v) is 8.11. The lowest BCUT2D eigenvalue weighted by atomic mass is 10.0. The highest BCUT2D eigenvalue weighted by atomic mass is 16.5. The van der Waals surface area contributed by atoms with Gasteiger partial charge >= 0.3 is 0 Å². The molecule has 8 heteroatoms. The zero-order valence-corrected chi connectivity index (χ0v) is 17.9. The van der Waals surface area contributed by atoms with Crippen molar-refractivity contribution in [3.8, 4) is 17.0 Å². The number of aryl methyl sites for hydroxylation is 1. The Morgan fingerprint density at radius 3 is 2.74 bits per heavy atom. The molecule has 31 heavy (non-hydrogen) atoms. The molecule has 0 radical (unpaired) electrons. The topological polar surface area (TPSA) is 107 Å². The normalized spacial score (nSPS) is 19.4. The number of primary amides is 1. The Kier molecular flexibility index (Phi) is 6.20. The van der Waals surface area contributed by atoms with E-state index in [0.29, 0.717) is 25.3 Å². The highest BCUT2D eigenvalue weighted by Crippen LogP contribution is 2.39. The van der Waals surface area contributed by atoms with Gasteiger partial charge in [-0.15, -0.1) is 0 Å². The van der Waals surface area contributed by atoms with Gasteiger partial charge in [0, 0.05) is 31.3 Å². The van der Waals surface area contributed by atoms with Crippen LogP contribution in [0.2, 0.25) is 0 Å². The molecule has 2 amide bonds. The Bertz CT molecular complexity index is 970. The summed E-state index contributed by atoms with van der Waals surface area (Å²) in [6.45, 7) is 7.25. The molecule has 164 valence electrons. The highest BCUT2D eigenvalue weighted by molar-refractivity contribution is 5.92. The summed E-state index contributed by atoms with van der Waals surface area (Å²) in [5.41, 5.74) is 9.47. The number of fused-ring (bicyclic) bond motifs is 1. The second-order valence-electron chi connectivity index (χ2n) is 8.11. The van der Waals surface area contributed by atoms with Gasteiger partial charge in [-0.2, -0.15) is 0 Å². The number of nitrogens with zero attached hydrogens (tertiary/aromatic N) is 2. The van der Waals surface area contributed by atoms with E-state index < -0.39 is 5.91 Å². The van der Waals surface area contributed by atoms with Crippen LogP contribution in [0.1, 0.15) is 28.4 Å². The first kappa shape index (κ1) is 21.3. The summed E-state index contributed by atoms with van der Waals surface area (Å²) < 4.78 is 11.6. The predicted octanol–water partition coefficient (Wildman–Crippen LogP) is 1.30. The van der Waals surface area contributed by atoms with Crippen LogP contribution in [0.3, 0.4) is 0 Å². The maximum atomic E-state index is 12.6. The highest BCUT2D eigenvalue weighted by Gasteiger charge is 2.29. The molecule has 2 aliphatic heterocycles. The average Bonchev–Trinajstić information content (AvgIpc) is 3.19. The van der Waals surface area contributed by atoms with Gasteiger partial charge in [0.25, 0.3) is 0 Å². The molecule has 1 aromatic carbocycles. The van der Waals surface area contributed by atoms with E-state index in [1.54, 1.807) is 12.1 Å². The standard InChI is InChI=1S/C23H28N4O4/c1-14-9-17-11-18(13-26-23(29)15(2)27-5-7-30-8-6-27)31-21(17)19(10-14)20-4-3-16(12-25-20)22(24)28/h3-4,9-10,12,15,18H,5-8,11,13H2,1-2H3,(H2,24,28)(H,26,29). The van der Waals surface area contributed by atoms with Crippen molar-refractivity contribution in [1.29, 1.82) is 0 Å². The minimum atomic E-state index is -0.508. The Morgan fingerprint density at radius 2 is 2.06 bits per heavy atom. The largest absolute Gasteiger partial charge is 0.487 e. The summed E-state index contributed by atoms with van der Waals surface area (Å²) in [7, 11) is 0. The lowest BCUT2D eigenvalue weighted by Crippen LogP contribution is -2.50. The number of hydrogen-bond acceptors (Lipinski definition) is 6. The van der Waals surface area contributed by atoms with Gasteiger partial charge in [0.15, 0.2) is 0 Å². The molecular formula is C23H28N4O4. The molecule has 0 saturated carbocycles. The fraction of sp³-hybridized carbons (Fsp3) is 0.435. The zero-order valence-electron chi connectivity index (χ0n) is 17.9. The van der Waals surface area contributed by atoms with E-state index in [1.807, 2.05) is 19.9 Å². The van der Waals surface area contributed by atoms with Gasteiger partial charge in [-0.3, -0.25) is 19.5 Å². The number of benzene rings is 1. The molecule has 8 nitrogen and oxygen atoms in total. The van der Waals surface area contributed by atoms with Crippen molar-refractivity contribution in [2.75, 3.05) is 32.8 Å². The molecule has 1 aromatic heterocycles. The van der Waals surface area contributed by atoms with Gasteiger partial charge in [-0.05, 0) is 43.2 Å². The van der Waals surface area contributed by atoms with Crippen molar-refractivity contribution in [2.45, 2.75) is 32.4 Å². The fourth-order valence-corrected chi connectivity index (χ4v) is 4.09. The molecule has 0 bridgehead atoms. The van der Waals surface area contributed by atoms with Gasteiger partial charge in [0.05, 0.1) is 37.1 Å². The van der Waals surface area contributed by atoms with E-state index in [2.05, 4.69) is 21.3 Å². The first-order valence-electron chi connectivity index (χ1n) is 10.6. The number of ether oxygens (including phenoxy) is 2. The van der Waals surface area contributed by atoms with E-state index in [4.69, 9.17) is 15.2 Å². The van der Waals surface area contributed by atoms with Crippen molar-refractivity contribution >= 4 is 11.8 Å². The number of nitrogens with one attached hydrogen (secondary N) is 1. The monoisotopic (exact) mass is 424 g/mol.